The van der Waals surface area contributed by atoms with Gasteiger partial charge in [0.25, 0.3) is 10.8 Å². The van der Waals surface area contributed by atoms with Gasteiger partial charge in [-0.3, -0.25) is 4.79 Å². The zero-order valence-corrected chi connectivity index (χ0v) is 19.5. The lowest BCUT2D eigenvalue weighted by Gasteiger charge is -2.08. The maximum atomic E-state index is 12.8. The molecule has 4 heterocycles. The summed E-state index contributed by atoms with van der Waals surface area (Å²) in [6, 6.07) is 8.94. The molecule has 168 valence electrons. The van der Waals surface area contributed by atoms with E-state index >= 15 is 0 Å². The molecule has 5 aromatic rings. The fraction of sp³-hybridized carbons (Fsp3) is 0.182. The summed E-state index contributed by atoms with van der Waals surface area (Å²) in [5.41, 5.74) is 1.19. The molecular formula is C22H18N4O5S2. The summed E-state index contributed by atoms with van der Waals surface area (Å²) < 4.78 is 21.9. The first-order chi connectivity index (χ1) is 16.1. The molecule has 0 spiro atoms. The first-order valence-corrected chi connectivity index (χ1v) is 11.6. The Morgan fingerprint density at radius 3 is 2.64 bits per heavy atom. The maximum absolute atomic E-state index is 12.8. The highest BCUT2D eigenvalue weighted by Crippen LogP contribution is 2.37. The number of ether oxygens (including phenoxy) is 2. The summed E-state index contributed by atoms with van der Waals surface area (Å²) in [5.74, 6) is 2.72. The molecule has 0 amide bonds. The number of thioether (sulfide) groups is 1. The molecule has 1 N–H and O–H groups in total. The van der Waals surface area contributed by atoms with Crippen LogP contribution in [0.4, 0.5) is 0 Å². The highest BCUT2D eigenvalue weighted by molar-refractivity contribution is 7.99. The standard InChI is InChI=1S/C22H18N4O5S2/c1-11(18-23-19(27)17-15(10-32-21(17)24-18)16-5-4-6-30-16)33-22-26-25-20(31-22)12-7-13(28-2)9-14(8-12)29-3/h4-11H,1-3H3,(H,23,24,27). The molecule has 9 nitrogen and oxygen atoms in total. The zero-order chi connectivity index (χ0) is 22.9. The number of thiophene rings is 1. The van der Waals surface area contributed by atoms with Gasteiger partial charge in [-0.2, -0.15) is 0 Å². The molecule has 5 rings (SSSR count). The van der Waals surface area contributed by atoms with Crippen molar-refractivity contribution in [3.05, 3.63) is 58.2 Å². The fourth-order valence-corrected chi connectivity index (χ4v) is 4.96. The molecule has 0 bridgehead atoms. The van der Waals surface area contributed by atoms with Crippen molar-refractivity contribution in [2.45, 2.75) is 17.4 Å². The van der Waals surface area contributed by atoms with E-state index in [0.717, 1.165) is 5.56 Å². The van der Waals surface area contributed by atoms with Gasteiger partial charge in [0.2, 0.25) is 5.89 Å². The Morgan fingerprint density at radius 2 is 1.94 bits per heavy atom. The molecule has 0 aliphatic heterocycles. The molecule has 4 aromatic heterocycles. The number of hydrogen-bond acceptors (Lipinski definition) is 10. The predicted molar refractivity (Wildman–Crippen MR) is 125 cm³/mol. The van der Waals surface area contributed by atoms with Crippen molar-refractivity contribution in [2.75, 3.05) is 14.2 Å². The second-order valence-corrected chi connectivity index (χ2v) is 9.14. The summed E-state index contributed by atoms with van der Waals surface area (Å²) in [6.07, 6.45) is 1.58. The van der Waals surface area contributed by atoms with E-state index in [1.54, 1.807) is 44.7 Å². The van der Waals surface area contributed by atoms with E-state index in [4.69, 9.17) is 18.3 Å². The van der Waals surface area contributed by atoms with Crippen molar-refractivity contribution in [1.82, 2.24) is 20.2 Å². The van der Waals surface area contributed by atoms with Crippen LogP contribution in [0.2, 0.25) is 0 Å². The number of benzene rings is 1. The minimum absolute atomic E-state index is 0.218. The lowest BCUT2D eigenvalue weighted by atomic mass is 10.2. The molecule has 0 fully saturated rings. The van der Waals surface area contributed by atoms with Gasteiger partial charge in [0.15, 0.2) is 0 Å². The summed E-state index contributed by atoms with van der Waals surface area (Å²) in [7, 11) is 3.15. The molecule has 1 aromatic carbocycles. The average Bonchev–Trinajstić information content (AvgIpc) is 3.59. The maximum Gasteiger partial charge on any atom is 0.277 e. The van der Waals surface area contributed by atoms with Crippen LogP contribution < -0.4 is 15.0 Å². The number of nitrogens with one attached hydrogen (secondary N) is 1. The van der Waals surface area contributed by atoms with Crippen molar-refractivity contribution in [1.29, 1.82) is 0 Å². The van der Waals surface area contributed by atoms with E-state index in [1.165, 1.54) is 23.1 Å². The number of aromatic nitrogens is 4. The first-order valence-electron chi connectivity index (χ1n) is 9.84. The van der Waals surface area contributed by atoms with E-state index in [0.29, 0.717) is 50.0 Å². The van der Waals surface area contributed by atoms with Gasteiger partial charge in [0.05, 0.1) is 31.1 Å². The van der Waals surface area contributed by atoms with Gasteiger partial charge in [-0.15, -0.1) is 21.5 Å². The van der Waals surface area contributed by atoms with Crippen LogP contribution in [0.25, 0.3) is 33.0 Å². The average molecular weight is 483 g/mol. The molecule has 11 heteroatoms. The quantitative estimate of drug-likeness (QED) is 0.314. The number of aromatic amines is 1. The first kappa shape index (κ1) is 21.3. The second kappa shape index (κ2) is 8.75. The molecular weight excluding hydrogens is 464 g/mol. The molecule has 1 atom stereocenters. The summed E-state index contributed by atoms with van der Waals surface area (Å²) in [6.45, 7) is 1.91. The van der Waals surface area contributed by atoms with Crippen molar-refractivity contribution in [3.63, 3.8) is 0 Å². The smallest absolute Gasteiger partial charge is 0.277 e. The summed E-state index contributed by atoms with van der Waals surface area (Å²) >= 11 is 2.70. The highest BCUT2D eigenvalue weighted by atomic mass is 32.2. The van der Waals surface area contributed by atoms with Crippen molar-refractivity contribution < 1.29 is 18.3 Å². The van der Waals surface area contributed by atoms with Gasteiger partial charge in [-0.25, -0.2) is 4.98 Å². The summed E-state index contributed by atoms with van der Waals surface area (Å²) in [5, 5.41) is 10.8. The molecule has 0 aliphatic rings. The van der Waals surface area contributed by atoms with E-state index < -0.39 is 0 Å². The van der Waals surface area contributed by atoms with Crippen LogP contribution >= 0.6 is 23.1 Å². The fourth-order valence-electron chi connectivity index (χ4n) is 3.28. The lowest BCUT2D eigenvalue weighted by Crippen LogP contribution is -2.12. The van der Waals surface area contributed by atoms with E-state index in [-0.39, 0.29) is 10.8 Å². The number of hydrogen-bond donors (Lipinski definition) is 1. The monoisotopic (exact) mass is 482 g/mol. The van der Waals surface area contributed by atoms with Gasteiger partial charge >= 0.3 is 0 Å². The Balaban J connectivity index is 1.40. The van der Waals surface area contributed by atoms with Gasteiger partial charge < -0.3 is 23.3 Å². The van der Waals surface area contributed by atoms with E-state index in [2.05, 4.69) is 20.2 Å². The van der Waals surface area contributed by atoms with Crippen molar-refractivity contribution >= 4 is 33.3 Å². The minimum Gasteiger partial charge on any atom is -0.497 e. The zero-order valence-electron chi connectivity index (χ0n) is 17.8. The van der Waals surface area contributed by atoms with Crippen LogP contribution in [0.3, 0.4) is 0 Å². The van der Waals surface area contributed by atoms with E-state index in [9.17, 15) is 4.79 Å². The van der Waals surface area contributed by atoms with Gasteiger partial charge in [-0.05, 0) is 31.2 Å². The topological polar surface area (TPSA) is 116 Å². The van der Waals surface area contributed by atoms with Crippen molar-refractivity contribution in [2.24, 2.45) is 0 Å². The van der Waals surface area contributed by atoms with Crippen LogP contribution in [-0.2, 0) is 0 Å². The Bertz CT molecular complexity index is 1450. The Hall–Kier alpha value is -3.57. The van der Waals surface area contributed by atoms with Gasteiger partial charge in [0, 0.05) is 22.6 Å². The van der Waals surface area contributed by atoms with Crippen LogP contribution in [0, 0.1) is 0 Å². The molecule has 0 saturated heterocycles. The molecule has 1 unspecified atom stereocenters. The number of fused-ring (bicyclic) bond motifs is 1. The Labute approximate surface area is 195 Å². The number of methoxy groups -OCH3 is 2. The van der Waals surface area contributed by atoms with Crippen molar-refractivity contribution in [3.8, 4) is 34.3 Å². The number of furan rings is 1. The van der Waals surface area contributed by atoms with Crippen LogP contribution in [0.15, 0.2) is 60.8 Å². The predicted octanol–water partition coefficient (Wildman–Crippen LogP) is 5.17. The molecule has 0 saturated carbocycles. The van der Waals surface area contributed by atoms with E-state index in [1.807, 2.05) is 18.4 Å². The lowest BCUT2D eigenvalue weighted by molar-refractivity contribution is 0.394. The number of nitrogens with zero attached hydrogens (tertiary/aromatic N) is 3. The number of rotatable bonds is 7. The summed E-state index contributed by atoms with van der Waals surface area (Å²) in [4.78, 5) is 21.0. The van der Waals surface area contributed by atoms with Crippen LogP contribution in [0.1, 0.15) is 18.0 Å². The Morgan fingerprint density at radius 1 is 1.15 bits per heavy atom. The van der Waals surface area contributed by atoms with Crippen LogP contribution in [-0.4, -0.2) is 34.4 Å². The van der Waals surface area contributed by atoms with Gasteiger partial charge in [-0.1, -0.05) is 11.8 Å². The third-order valence-electron chi connectivity index (χ3n) is 4.92. The molecule has 0 aliphatic carbocycles. The minimum atomic E-state index is -0.232. The normalized spacial score (nSPS) is 12.2. The molecule has 33 heavy (non-hydrogen) atoms. The largest absolute Gasteiger partial charge is 0.497 e. The molecule has 0 radical (unpaired) electrons. The number of H-pyrrole nitrogens is 1. The Kier molecular flexibility index (Phi) is 5.65. The second-order valence-electron chi connectivity index (χ2n) is 6.99. The van der Waals surface area contributed by atoms with Gasteiger partial charge in [0.1, 0.15) is 27.9 Å². The van der Waals surface area contributed by atoms with Crippen LogP contribution in [0.5, 0.6) is 11.5 Å². The highest BCUT2D eigenvalue weighted by Gasteiger charge is 2.20. The third kappa shape index (κ3) is 4.12. The third-order valence-corrected chi connectivity index (χ3v) is 6.73. The SMILES string of the molecule is COc1cc(OC)cc(-c2nnc(SC(C)c3nc4scc(-c5ccco5)c4c(=O)[nH]3)o2)c1.